The van der Waals surface area contributed by atoms with Crippen molar-refractivity contribution in [3.05, 3.63) is 92.4 Å². The normalized spacial score (nSPS) is 11.0. The van der Waals surface area contributed by atoms with Gasteiger partial charge in [-0.3, -0.25) is 9.11 Å². The molecule has 0 aromatic heterocycles. The van der Waals surface area contributed by atoms with Gasteiger partial charge in [-0.15, -0.1) is 0 Å². The van der Waals surface area contributed by atoms with E-state index < -0.39 is 20.2 Å². The van der Waals surface area contributed by atoms with Gasteiger partial charge < -0.3 is 7.43 Å². The van der Waals surface area contributed by atoms with E-state index >= 15 is 0 Å². The van der Waals surface area contributed by atoms with Crippen molar-refractivity contribution >= 4 is 41.8 Å². The van der Waals surface area contributed by atoms with Crippen molar-refractivity contribution in [2.75, 3.05) is 0 Å². The van der Waals surface area contributed by atoms with Crippen molar-refractivity contribution < 1.29 is 55.5 Å². The zero-order valence-corrected chi connectivity index (χ0v) is 20.1. The summed E-state index contributed by atoms with van der Waals surface area (Å²) in [5, 5.41) is 2.67. The standard InChI is InChI=1S/2C10H8O3S.CH3.Na/c2*11-14(12,13)10-7-3-5-8-4-1-2-6-9(8)10;;/h2*1-7H,(H,11,12,13);1H3;/q;;-1;+1. The quantitative estimate of drug-likeness (QED) is 0.271. The number of hydrogen-bond donors (Lipinski definition) is 2. The van der Waals surface area contributed by atoms with Gasteiger partial charge in [0.15, 0.2) is 0 Å². The summed E-state index contributed by atoms with van der Waals surface area (Å²) in [4.78, 5) is -0.0915. The summed E-state index contributed by atoms with van der Waals surface area (Å²) in [6.07, 6.45) is 0. The van der Waals surface area contributed by atoms with Crippen LogP contribution in [0.5, 0.6) is 0 Å². The summed E-state index contributed by atoms with van der Waals surface area (Å²) in [5.41, 5.74) is 0. The summed E-state index contributed by atoms with van der Waals surface area (Å²) < 4.78 is 61.9. The van der Waals surface area contributed by atoms with Crippen molar-refractivity contribution in [3.8, 4) is 0 Å². The molecule has 0 unspecified atom stereocenters. The van der Waals surface area contributed by atoms with Crippen LogP contribution in [0.1, 0.15) is 0 Å². The van der Waals surface area contributed by atoms with Gasteiger partial charge in [0.1, 0.15) is 9.79 Å². The SMILES string of the molecule is O=S(=O)(O)c1cccc2ccccc12.O=S(=O)(O)c1cccc2ccccc12.[CH3-].[Na+]. The van der Waals surface area contributed by atoms with Gasteiger partial charge in [0, 0.05) is 10.8 Å². The Bertz CT molecular complexity index is 1250. The molecule has 0 saturated carbocycles. The molecule has 0 spiro atoms. The Labute approximate surface area is 198 Å². The zero-order valence-electron chi connectivity index (χ0n) is 16.4. The van der Waals surface area contributed by atoms with Crippen LogP contribution >= 0.6 is 0 Å². The maximum Gasteiger partial charge on any atom is 1.00 e. The smallest absolute Gasteiger partial charge is 0.358 e. The van der Waals surface area contributed by atoms with Crippen LogP contribution in [-0.2, 0) is 20.2 Å². The number of benzene rings is 4. The Balaban J connectivity index is 0.000000281. The van der Waals surface area contributed by atoms with Crippen LogP contribution < -0.4 is 29.6 Å². The molecule has 0 bridgehead atoms. The molecule has 0 aliphatic carbocycles. The van der Waals surface area contributed by atoms with Gasteiger partial charge in [0.25, 0.3) is 20.2 Å². The monoisotopic (exact) mass is 454 g/mol. The first-order valence-corrected chi connectivity index (χ1v) is 11.0. The van der Waals surface area contributed by atoms with Crippen LogP contribution in [0.15, 0.2) is 94.7 Å². The molecule has 0 saturated heterocycles. The van der Waals surface area contributed by atoms with Crippen LogP contribution in [0.2, 0.25) is 0 Å². The molecule has 0 aliphatic rings. The topological polar surface area (TPSA) is 109 Å². The van der Waals surface area contributed by atoms with Crippen LogP contribution in [-0.4, -0.2) is 25.9 Å². The van der Waals surface area contributed by atoms with E-state index in [2.05, 4.69) is 0 Å². The summed E-state index contributed by atoms with van der Waals surface area (Å²) >= 11 is 0. The second-order valence-electron chi connectivity index (χ2n) is 5.90. The molecule has 0 atom stereocenters. The second kappa shape index (κ2) is 10.5. The van der Waals surface area contributed by atoms with Gasteiger partial charge in [0.2, 0.25) is 0 Å². The first-order valence-electron chi connectivity index (χ1n) is 8.08. The molecule has 6 nitrogen and oxygen atoms in total. The Morgan fingerprint density at radius 3 is 1.13 bits per heavy atom. The van der Waals surface area contributed by atoms with E-state index in [0.29, 0.717) is 10.8 Å². The van der Waals surface area contributed by atoms with E-state index in [9.17, 15) is 16.8 Å². The van der Waals surface area contributed by atoms with Gasteiger partial charge in [-0.1, -0.05) is 72.8 Å². The first-order chi connectivity index (χ1) is 13.2. The van der Waals surface area contributed by atoms with Gasteiger partial charge in [-0.2, -0.15) is 16.8 Å². The molecule has 0 aliphatic heterocycles. The van der Waals surface area contributed by atoms with E-state index in [0.717, 1.165) is 10.8 Å². The Morgan fingerprint density at radius 2 is 0.800 bits per heavy atom. The minimum Gasteiger partial charge on any atom is -0.358 e. The van der Waals surface area contributed by atoms with Crippen molar-refractivity contribution in [1.82, 2.24) is 0 Å². The van der Waals surface area contributed by atoms with E-state index in [-0.39, 0.29) is 46.8 Å². The minimum atomic E-state index is -4.13. The number of hydrogen-bond acceptors (Lipinski definition) is 4. The van der Waals surface area contributed by atoms with Gasteiger partial charge in [0.05, 0.1) is 0 Å². The molecule has 0 radical (unpaired) electrons. The van der Waals surface area contributed by atoms with Crippen molar-refractivity contribution in [3.63, 3.8) is 0 Å². The average Bonchev–Trinajstić information content (AvgIpc) is 2.66. The molecule has 0 amide bonds. The summed E-state index contributed by atoms with van der Waals surface area (Å²) in [6.45, 7) is 0. The molecule has 30 heavy (non-hydrogen) atoms. The molecule has 4 aromatic rings. The fourth-order valence-corrected chi connectivity index (χ4v) is 4.27. The van der Waals surface area contributed by atoms with E-state index in [1.165, 1.54) is 12.1 Å². The van der Waals surface area contributed by atoms with E-state index in [1.807, 2.05) is 12.1 Å². The summed E-state index contributed by atoms with van der Waals surface area (Å²) in [5.74, 6) is 0. The Hall–Kier alpha value is -1.78. The molecule has 152 valence electrons. The average molecular weight is 455 g/mol. The predicted molar refractivity (Wildman–Crippen MR) is 114 cm³/mol. The summed E-state index contributed by atoms with van der Waals surface area (Å²) in [6, 6.07) is 23.6. The fraction of sp³-hybridized carbons (Fsp3) is 0. The number of rotatable bonds is 2. The Kier molecular flexibility index (Phi) is 9.19. The van der Waals surface area contributed by atoms with Crippen molar-refractivity contribution in [2.24, 2.45) is 0 Å². The van der Waals surface area contributed by atoms with Crippen molar-refractivity contribution in [2.45, 2.75) is 9.79 Å². The van der Waals surface area contributed by atoms with E-state index in [1.54, 1.807) is 60.7 Å². The molecular weight excluding hydrogens is 435 g/mol. The van der Waals surface area contributed by atoms with Crippen LogP contribution in [0, 0.1) is 7.43 Å². The summed E-state index contributed by atoms with van der Waals surface area (Å²) in [7, 11) is -8.26. The van der Waals surface area contributed by atoms with E-state index in [4.69, 9.17) is 9.11 Å². The van der Waals surface area contributed by atoms with Crippen LogP contribution in [0.4, 0.5) is 0 Å². The maximum atomic E-state index is 11.0. The van der Waals surface area contributed by atoms with Gasteiger partial charge in [-0.05, 0) is 22.9 Å². The zero-order chi connectivity index (χ0) is 20.4. The molecule has 4 aromatic carbocycles. The third kappa shape index (κ3) is 6.12. The minimum absolute atomic E-state index is 0. The fourth-order valence-electron chi connectivity index (χ4n) is 2.84. The maximum absolute atomic E-state index is 11.0. The molecule has 2 N–H and O–H groups in total. The first kappa shape index (κ1) is 26.3. The van der Waals surface area contributed by atoms with Crippen LogP contribution in [0.3, 0.4) is 0 Å². The largest absolute Gasteiger partial charge is 1.00 e. The van der Waals surface area contributed by atoms with Gasteiger partial charge >= 0.3 is 29.6 Å². The predicted octanol–water partition coefficient (Wildman–Crippen LogP) is 1.63. The Morgan fingerprint density at radius 1 is 0.500 bits per heavy atom. The van der Waals surface area contributed by atoms with Crippen LogP contribution in [0.25, 0.3) is 21.5 Å². The molecule has 0 heterocycles. The third-order valence-corrected chi connectivity index (χ3v) is 5.88. The molecule has 9 heteroatoms. The molecule has 0 fully saturated rings. The molecular formula is C21H19NaO6S2. The second-order valence-corrected chi connectivity index (χ2v) is 8.68. The van der Waals surface area contributed by atoms with Gasteiger partial charge in [-0.25, -0.2) is 0 Å². The molecule has 4 rings (SSSR count). The van der Waals surface area contributed by atoms with Crippen molar-refractivity contribution in [1.29, 1.82) is 0 Å². The number of fused-ring (bicyclic) bond motifs is 2. The third-order valence-electron chi connectivity index (χ3n) is 4.06.